The Morgan fingerprint density at radius 1 is 0.893 bits per heavy atom. The molecule has 1 aromatic heterocycles. The van der Waals surface area contributed by atoms with Gasteiger partial charge in [-0.2, -0.15) is 0 Å². The fraction of sp³-hybridized carbons (Fsp3) is 0.143. The molecule has 3 aromatic rings. The number of anilines is 2. The van der Waals surface area contributed by atoms with E-state index in [4.69, 9.17) is 4.74 Å². The van der Waals surface area contributed by atoms with Crippen molar-refractivity contribution in [3.63, 3.8) is 0 Å². The molecule has 1 aliphatic carbocycles. The molecule has 0 bridgehead atoms. The van der Waals surface area contributed by atoms with Crippen LogP contribution in [0.3, 0.4) is 0 Å². The molecule has 4 rings (SSSR count). The second-order valence-corrected chi connectivity index (χ2v) is 6.46. The Bertz CT molecular complexity index is 986. The van der Waals surface area contributed by atoms with Gasteiger partial charge in [0, 0.05) is 35.2 Å². The molecule has 28 heavy (non-hydrogen) atoms. The number of rotatable bonds is 6. The van der Waals surface area contributed by atoms with Gasteiger partial charge in [0.15, 0.2) is 0 Å². The van der Waals surface area contributed by atoms with Crippen LogP contribution in [0.25, 0.3) is 0 Å². The SMILES string of the molecule is O=C(Nc1ccc(Oc2ncccn2)cc1)c1cccc(NC(=O)C2CC2)c1. The van der Waals surface area contributed by atoms with Gasteiger partial charge in [-0.25, -0.2) is 9.97 Å². The minimum absolute atomic E-state index is 0.00976. The third kappa shape index (κ3) is 4.50. The van der Waals surface area contributed by atoms with Crippen molar-refractivity contribution in [2.45, 2.75) is 12.8 Å². The topological polar surface area (TPSA) is 93.2 Å². The minimum atomic E-state index is -0.261. The maximum Gasteiger partial charge on any atom is 0.321 e. The summed E-state index contributed by atoms with van der Waals surface area (Å²) in [5, 5.41) is 5.67. The average molecular weight is 374 g/mol. The van der Waals surface area contributed by atoms with Gasteiger partial charge in [0.25, 0.3) is 5.91 Å². The van der Waals surface area contributed by atoms with Crippen LogP contribution in [0.4, 0.5) is 11.4 Å². The Hall–Kier alpha value is -3.74. The molecule has 1 fully saturated rings. The second kappa shape index (κ2) is 7.87. The van der Waals surface area contributed by atoms with E-state index in [0.717, 1.165) is 12.8 Å². The van der Waals surface area contributed by atoms with E-state index in [2.05, 4.69) is 20.6 Å². The van der Waals surface area contributed by atoms with Crippen molar-refractivity contribution in [1.82, 2.24) is 9.97 Å². The molecular formula is C21H18N4O3. The molecule has 7 heteroatoms. The number of aromatic nitrogens is 2. The number of hydrogen-bond acceptors (Lipinski definition) is 5. The lowest BCUT2D eigenvalue weighted by molar-refractivity contribution is -0.117. The number of benzene rings is 2. The zero-order valence-electron chi connectivity index (χ0n) is 15.0. The summed E-state index contributed by atoms with van der Waals surface area (Å²) in [5.74, 6) is 0.423. The minimum Gasteiger partial charge on any atom is -0.424 e. The van der Waals surface area contributed by atoms with Crippen LogP contribution < -0.4 is 15.4 Å². The molecule has 0 spiro atoms. The van der Waals surface area contributed by atoms with E-state index in [1.54, 1.807) is 67.0 Å². The van der Waals surface area contributed by atoms with Crippen LogP contribution in [-0.2, 0) is 4.79 Å². The van der Waals surface area contributed by atoms with Crippen LogP contribution in [0.2, 0.25) is 0 Å². The van der Waals surface area contributed by atoms with Crippen molar-refractivity contribution in [3.8, 4) is 11.8 Å². The third-order valence-electron chi connectivity index (χ3n) is 4.20. The molecule has 7 nitrogen and oxygen atoms in total. The molecule has 0 saturated heterocycles. The number of carbonyl (C=O) groups is 2. The van der Waals surface area contributed by atoms with E-state index in [0.29, 0.717) is 22.7 Å². The molecule has 0 atom stereocenters. The second-order valence-electron chi connectivity index (χ2n) is 6.46. The lowest BCUT2D eigenvalue weighted by Gasteiger charge is -2.09. The van der Waals surface area contributed by atoms with Crippen LogP contribution in [0, 0.1) is 5.92 Å². The van der Waals surface area contributed by atoms with E-state index in [1.807, 2.05) is 0 Å². The highest BCUT2D eigenvalue weighted by atomic mass is 16.5. The van der Waals surface area contributed by atoms with E-state index >= 15 is 0 Å². The predicted octanol–water partition coefficient (Wildman–Crippen LogP) is 3.87. The molecule has 0 unspecified atom stereocenters. The van der Waals surface area contributed by atoms with Crippen LogP contribution in [0.15, 0.2) is 67.0 Å². The van der Waals surface area contributed by atoms with Gasteiger partial charge in [-0.15, -0.1) is 0 Å². The first kappa shape index (κ1) is 17.7. The number of carbonyl (C=O) groups excluding carboxylic acids is 2. The quantitative estimate of drug-likeness (QED) is 0.683. The van der Waals surface area contributed by atoms with Gasteiger partial charge in [-0.05, 0) is 61.4 Å². The van der Waals surface area contributed by atoms with Gasteiger partial charge in [-0.1, -0.05) is 6.07 Å². The fourth-order valence-corrected chi connectivity index (χ4v) is 2.58. The molecular weight excluding hydrogens is 356 g/mol. The van der Waals surface area contributed by atoms with Crippen molar-refractivity contribution >= 4 is 23.2 Å². The van der Waals surface area contributed by atoms with Gasteiger partial charge >= 0.3 is 6.01 Å². The van der Waals surface area contributed by atoms with E-state index in [-0.39, 0.29) is 23.7 Å². The Morgan fingerprint density at radius 3 is 2.36 bits per heavy atom. The Morgan fingerprint density at radius 2 is 1.64 bits per heavy atom. The first-order valence-corrected chi connectivity index (χ1v) is 8.94. The van der Waals surface area contributed by atoms with Crippen molar-refractivity contribution < 1.29 is 14.3 Å². The summed E-state index contributed by atoms with van der Waals surface area (Å²) in [5.41, 5.74) is 1.71. The molecule has 2 N–H and O–H groups in total. The number of ether oxygens (including phenoxy) is 1. The van der Waals surface area contributed by atoms with Crippen molar-refractivity contribution in [3.05, 3.63) is 72.6 Å². The zero-order chi connectivity index (χ0) is 19.3. The normalized spacial score (nSPS) is 12.9. The first-order valence-electron chi connectivity index (χ1n) is 8.94. The highest BCUT2D eigenvalue weighted by Gasteiger charge is 2.29. The van der Waals surface area contributed by atoms with Crippen molar-refractivity contribution in [1.29, 1.82) is 0 Å². The standard InChI is InChI=1S/C21H18N4O3/c26-19(14-5-6-14)25-17-4-1-3-15(13-17)20(27)24-16-7-9-18(10-8-16)28-21-22-11-2-12-23-21/h1-4,7-14H,5-6H2,(H,24,27)(H,25,26). The summed E-state index contributed by atoms with van der Waals surface area (Å²) >= 11 is 0. The van der Waals surface area contributed by atoms with Gasteiger partial charge in [0.05, 0.1) is 0 Å². The highest BCUT2D eigenvalue weighted by Crippen LogP contribution is 2.30. The molecule has 0 radical (unpaired) electrons. The predicted molar refractivity (Wildman–Crippen MR) is 104 cm³/mol. The maximum absolute atomic E-state index is 12.5. The summed E-state index contributed by atoms with van der Waals surface area (Å²) < 4.78 is 5.52. The monoisotopic (exact) mass is 374 g/mol. The van der Waals surface area contributed by atoms with Gasteiger partial charge in [0.2, 0.25) is 5.91 Å². The van der Waals surface area contributed by atoms with E-state index < -0.39 is 0 Å². The summed E-state index contributed by atoms with van der Waals surface area (Å²) in [4.78, 5) is 32.4. The summed E-state index contributed by atoms with van der Waals surface area (Å²) in [6.07, 6.45) is 5.06. The molecule has 1 heterocycles. The van der Waals surface area contributed by atoms with Crippen LogP contribution in [0.1, 0.15) is 23.2 Å². The van der Waals surface area contributed by atoms with E-state index in [1.165, 1.54) is 0 Å². The molecule has 2 aromatic carbocycles. The van der Waals surface area contributed by atoms with Crippen LogP contribution in [-0.4, -0.2) is 21.8 Å². The maximum atomic E-state index is 12.5. The summed E-state index contributed by atoms with van der Waals surface area (Å²) in [6.45, 7) is 0. The lowest BCUT2D eigenvalue weighted by atomic mass is 10.1. The highest BCUT2D eigenvalue weighted by molar-refractivity contribution is 6.05. The molecule has 2 amide bonds. The average Bonchev–Trinajstić information content (AvgIpc) is 3.56. The Labute approximate surface area is 161 Å². The smallest absolute Gasteiger partial charge is 0.321 e. The van der Waals surface area contributed by atoms with Crippen LogP contribution >= 0.6 is 0 Å². The fourth-order valence-electron chi connectivity index (χ4n) is 2.58. The van der Waals surface area contributed by atoms with Crippen molar-refractivity contribution in [2.75, 3.05) is 10.6 Å². The summed E-state index contributed by atoms with van der Waals surface area (Å²) in [7, 11) is 0. The zero-order valence-corrected chi connectivity index (χ0v) is 15.0. The third-order valence-corrected chi connectivity index (χ3v) is 4.20. The molecule has 0 aliphatic heterocycles. The first-order chi connectivity index (χ1) is 13.7. The number of nitrogens with zero attached hydrogens (tertiary/aromatic N) is 2. The largest absolute Gasteiger partial charge is 0.424 e. The lowest BCUT2D eigenvalue weighted by Crippen LogP contribution is -2.15. The number of hydrogen-bond donors (Lipinski definition) is 2. The van der Waals surface area contributed by atoms with E-state index in [9.17, 15) is 9.59 Å². The molecule has 1 saturated carbocycles. The van der Waals surface area contributed by atoms with Gasteiger partial charge < -0.3 is 15.4 Å². The van der Waals surface area contributed by atoms with Gasteiger partial charge in [0.1, 0.15) is 5.75 Å². The van der Waals surface area contributed by atoms with Crippen molar-refractivity contribution in [2.24, 2.45) is 5.92 Å². The Balaban J connectivity index is 1.38. The Kier molecular flexibility index (Phi) is 4.97. The van der Waals surface area contributed by atoms with Crippen LogP contribution in [0.5, 0.6) is 11.8 Å². The van der Waals surface area contributed by atoms with Gasteiger partial charge in [-0.3, -0.25) is 9.59 Å². The molecule has 140 valence electrons. The molecule has 1 aliphatic rings. The number of amides is 2. The number of nitrogens with one attached hydrogen (secondary N) is 2. The summed E-state index contributed by atoms with van der Waals surface area (Å²) in [6, 6.07) is 15.7.